The Bertz CT molecular complexity index is 852. The van der Waals surface area contributed by atoms with E-state index in [1.807, 2.05) is 30.3 Å². The number of anilines is 1. The molecule has 22 heavy (non-hydrogen) atoms. The van der Waals surface area contributed by atoms with Gasteiger partial charge >= 0.3 is 0 Å². The molecule has 0 aliphatic rings. The van der Waals surface area contributed by atoms with Crippen molar-refractivity contribution in [1.82, 2.24) is 4.98 Å². The van der Waals surface area contributed by atoms with Crippen LogP contribution >= 0.6 is 27.3 Å². The largest absolute Gasteiger partial charge is 0.497 e. The first kappa shape index (κ1) is 14.8. The number of fused-ring (bicyclic) bond motifs is 1. The molecule has 6 heteroatoms. The number of nitrogens with zero attached hydrogens (tertiary/aromatic N) is 2. The van der Waals surface area contributed by atoms with Gasteiger partial charge in [-0.2, -0.15) is 5.26 Å². The van der Waals surface area contributed by atoms with E-state index in [0.29, 0.717) is 12.1 Å². The van der Waals surface area contributed by atoms with Crippen molar-refractivity contribution >= 4 is 43.2 Å². The lowest BCUT2D eigenvalue weighted by Gasteiger charge is -2.08. The van der Waals surface area contributed by atoms with Crippen molar-refractivity contribution in [3.63, 3.8) is 0 Å². The summed E-state index contributed by atoms with van der Waals surface area (Å²) in [6.45, 7) is 0.658. The molecule has 0 atom stereocenters. The minimum absolute atomic E-state index is 0.598. The van der Waals surface area contributed by atoms with Gasteiger partial charge in [-0.3, -0.25) is 0 Å². The fraction of sp³-hybridized carbons (Fsp3) is 0.125. The number of hydrogen-bond donors (Lipinski definition) is 1. The van der Waals surface area contributed by atoms with Gasteiger partial charge in [-0.15, -0.1) is 11.3 Å². The standard InChI is InChI=1S/C16H12BrN3OS/c1-21-12-4-2-10(3-5-12)8-19-16-13-6-14(17)22-15(13)11(7-18)9-20-16/h2-6,9H,8H2,1H3,(H,19,20). The monoisotopic (exact) mass is 373 g/mol. The van der Waals surface area contributed by atoms with Crippen LogP contribution in [0.2, 0.25) is 0 Å². The molecular weight excluding hydrogens is 362 g/mol. The summed E-state index contributed by atoms with van der Waals surface area (Å²) >= 11 is 5.02. The number of ether oxygens (including phenoxy) is 1. The topological polar surface area (TPSA) is 57.9 Å². The third-order valence-corrected chi connectivity index (χ3v) is 4.94. The Labute approximate surface area is 140 Å². The lowest BCUT2D eigenvalue weighted by atomic mass is 10.2. The van der Waals surface area contributed by atoms with Gasteiger partial charge in [0.25, 0.3) is 0 Å². The van der Waals surface area contributed by atoms with Gasteiger partial charge in [-0.1, -0.05) is 12.1 Å². The third kappa shape index (κ3) is 2.91. The maximum absolute atomic E-state index is 9.16. The summed E-state index contributed by atoms with van der Waals surface area (Å²) < 4.78 is 7.08. The van der Waals surface area contributed by atoms with Crippen LogP contribution in [0.4, 0.5) is 5.82 Å². The van der Waals surface area contributed by atoms with Crippen molar-refractivity contribution in [2.75, 3.05) is 12.4 Å². The highest BCUT2D eigenvalue weighted by atomic mass is 79.9. The van der Waals surface area contributed by atoms with E-state index in [1.165, 1.54) is 0 Å². The number of hydrogen-bond acceptors (Lipinski definition) is 5. The van der Waals surface area contributed by atoms with E-state index < -0.39 is 0 Å². The van der Waals surface area contributed by atoms with Crippen molar-refractivity contribution in [2.45, 2.75) is 6.54 Å². The molecule has 0 fully saturated rings. The number of rotatable bonds is 4. The number of benzene rings is 1. The highest BCUT2D eigenvalue weighted by Crippen LogP contribution is 2.35. The normalized spacial score (nSPS) is 10.4. The zero-order valence-corrected chi connectivity index (χ0v) is 14.2. The van der Waals surface area contributed by atoms with Gasteiger partial charge in [0, 0.05) is 18.1 Å². The molecular formula is C16H12BrN3OS. The van der Waals surface area contributed by atoms with Crippen molar-refractivity contribution < 1.29 is 4.74 Å². The average molecular weight is 374 g/mol. The maximum atomic E-state index is 9.16. The van der Waals surface area contributed by atoms with Crippen LogP contribution < -0.4 is 10.1 Å². The number of halogens is 1. The van der Waals surface area contributed by atoms with Gasteiger partial charge in [0.1, 0.15) is 17.6 Å². The summed E-state index contributed by atoms with van der Waals surface area (Å²) in [5, 5.41) is 13.5. The summed E-state index contributed by atoms with van der Waals surface area (Å²) in [5.74, 6) is 1.62. The van der Waals surface area contributed by atoms with Gasteiger partial charge in [0.2, 0.25) is 0 Å². The zero-order chi connectivity index (χ0) is 15.5. The smallest absolute Gasteiger partial charge is 0.135 e. The summed E-state index contributed by atoms with van der Waals surface area (Å²) in [6.07, 6.45) is 1.61. The first-order chi connectivity index (χ1) is 10.7. The molecule has 0 bridgehead atoms. The van der Waals surface area contributed by atoms with Crippen LogP contribution in [-0.4, -0.2) is 12.1 Å². The van der Waals surface area contributed by atoms with Crippen molar-refractivity contribution in [3.05, 3.63) is 51.4 Å². The van der Waals surface area contributed by atoms with E-state index in [9.17, 15) is 0 Å². The Hall–Kier alpha value is -2.10. The fourth-order valence-corrected chi connectivity index (χ4v) is 3.70. The van der Waals surface area contributed by atoms with Crippen molar-refractivity contribution in [3.8, 4) is 11.8 Å². The predicted molar refractivity (Wildman–Crippen MR) is 92.4 cm³/mol. The maximum Gasteiger partial charge on any atom is 0.135 e. The molecule has 3 rings (SSSR count). The van der Waals surface area contributed by atoms with Crippen molar-refractivity contribution in [2.24, 2.45) is 0 Å². The minimum Gasteiger partial charge on any atom is -0.497 e. The molecule has 110 valence electrons. The first-order valence-corrected chi connectivity index (χ1v) is 8.17. The van der Waals surface area contributed by atoms with Crippen molar-refractivity contribution in [1.29, 1.82) is 5.26 Å². The Morgan fingerprint density at radius 3 is 2.82 bits per heavy atom. The Morgan fingerprint density at radius 2 is 2.14 bits per heavy atom. The molecule has 2 aromatic heterocycles. The molecule has 1 aromatic carbocycles. The molecule has 0 spiro atoms. The molecule has 0 saturated carbocycles. The molecule has 2 heterocycles. The van der Waals surface area contributed by atoms with E-state index in [2.05, 4.69) is 32.3 Å². The van der Waals surface area contributed by atoms with Gasteiger partial charge in [-0.25, -0.2) is 4.98 Å². The number of methoxy groups -OCH3 is 1. The second kappa shape index (κ2) is 6.34. The van der Waals surface area contributed by atoms with Crippen LogP contribution in [0.1, 0.15) is 11.1 Å². The third-order valence-electron chi connectivity index (χ3n) is 3.26. The summed E-state index contributed by atoms with van der Waals surface area (Å²) in [6, 6.07) is 12.1. The Morgan fingerprint density at radius 1 is 1.36 bits per heavy atom. The number of nitrogens with one attached hydrogen (secondary N) is 1. The second-order valence-electron chi connectivity index (χ2n) is 4.63. The predicted octanol–water partition coefficient (Wildman–Crippen LogP) is 4.55. The molecule has 0 saturated heterocycles. The zero-order valence-electron chi connectivity index (χ0n) is 11.8. The first-order valence-electron chi connectivity index (χ1n) is 6.56. The number of nitriles is 1. The summed E-state index contributed by atoms with van der Waals surface area (Å²) in [7, 11) is 1.65. The average Bonchev–Trinajstić information content (AvgIpc) is 2.94. The van der Waals surface area contributed by atoms with E-state index in [-0.39, 0.29) is 0 Å². The van der Waals surface area contributed by atoms with Gasteiger partial charge in [-0.05, 0) is 39.7 Å². The lowest BCUT2D eigenvalue weighted by Crippen LogP contribution is -2.02. The second-order valence-corrected chi connectivity index (χ2v) is 7.06. The summed E-state index contributed by atoms with van der Waals surface area (Å²) in [4.78, 5) is 4.37. The Kier molecular flexibility index (Phi) is 4.27. The van der Waals surface area contributed by atoms with E-state index in [4.69, 9.17) is 10.00 Å². The summed E-state index contributed by atoms with van der Waals surface area (Å²) in [5.41, 5.74) is 1.73. The van der Waals surface area contributed by atoms with Crippen LogP contribution in [0.3, 0.4) is 0 Å². The van der Waals surface area contributed by atoms with Gasteiger partial charge in [0.05, 0.1) is 21.2 Å². The molecule has 0 amide bonds. The molecule has 0 radical (unpaired) electrons. The molecule has 3 aromatic rings. The molecule has 0 aliphatic carbocycles. The van der Waals surface area contributed by atoms with E-state index in [1.54, 1.807) is 24.6 Å². The molecule has 1 N–H and O–H groups in total. The van der Waals surface area contributed by atoms with E-state index in [0.717, 1.165) is 31.0 Å². The van der Waals surface area contributed by atoms with Gasteiger partial charge < -0.3 is 10.1 Å². The molecule has 0 aliphatic heterocycles. The Balaban J connectivity index is 1.86. The highest BCUT2D eigenvalue weighted by molar-refractivity contribution is 9.11. The molecule has 4 nitrogen and oxygen atoms in total. The van der Waals surface area contributed by atoms with Gasteiger partial charge in [0.15, 0.2) is 0 Å². The van der Waals surface area contributed by atoms with Crippen LogP contribution in [0.25, 0.3) is 10.1 Å². The molecule has 0 unspecified atom stereocenters. The minimum atomic E-state index is 0.598. The van der Waals surface area contributed by atoms with Crippen LogP contribution in [0.5, 0.6) is 5.75 Å². The lowest BCUT2D eigenvalue weighted by molar-refractivity contribution is 0.414. The number of pyridine rings is 1. The number of aromatic nitrogens is 1. The fourth-order valence-electron chi connectivity index (χ4n) is 2.14. The SMILES string of the molecule is COc1ccc(CNc2ncc(C#N)c3sc(Br)cc23)cc1. The highest BCUT2D eigenvalue weighted by Gasteiger charge is 2.11. The van der Waals surface area contributed by atoms with Crippen LogP contribution in [-0.2, 0) is 6.54 Å². The van der Waals surface area contributed by atoms with Crippen LogP contribution in [0, 0.1) is 11.3 Å². The van der Waals surface area contributed by atoms with Crippen LogP contribution in [0.15, 0.2) is 40.3 Å². The van der Waals surface area contributed by atoms with E-state index >= 15 is 0 Å². The number of thiophene rings is 1. The quantitative estimate of drug-likeness (QED) is 0.728.